The summed E-state index contributed by atoms with van der Waals surface area (Å²) in [6, 6.07) is 10.5. The molecule has 1 aromatic carbocycles. The van der Waals surface area contributed by atoms with E-state index >= 15 is 0 Å². The molecule has 1 heteroatoms. The van der Waals surface area contributed by atoms with Gasteiger partial charge in [0.1, 0.15) is 0 Å². The lowest BCUT2D eigenvalue weighted by molar-refractivity contribution is 1.15. The average Bonchev–Trinajstić information content (AvgIpc) is 2.35. The van der Waals surface area contributed by atoms with Crippen molar-refractivity contribution in [1.82, 2.24) is 4.98 Å². The van der Waals surface area contributed by atoms with E-state index in [4.69, 9.17) is 0 Å². The number of rotatable bonds is 3. The minimum atomic E-state index is 1.04. The monoisotopic (exact) mass is 211 g/mol. The van der Waals surface area contributed by atoms with Gasteiger partial charge in [-0.1, -0.05) is 44.2 Å². The Morgan fingerprint density at radius 1 is 1.19 bits per heavy atom. The maximum atomic E-state index is 4.53. The summed E-state index contributed by atoms with van der Waals surface area (Å²) in [6.07, 6.45) is 6.27. The summed E-state index contributed by atoms with van der Waals surface area (Å²) in [7, 11) is 0. The van der Waals surface area contributed by atoms with Crippen LogP contribution in [0.5, 0.6) is 0 Å². The van der Waals surface area contributed by atoms with E-state index in [0.29, 0.717) is 0 Å². The van der Waals surface area contributed by atoms with E-state index in [2.05, 4.69) is 55.2 Å². The van der Waals surface area contributed by atoms with Crippen LogP contribution < -0.4 is 0 Å². The molecule has 0 aliphatic heterocycles. The van der Waals surface area contributed by atoms with Gasteiger partial charge in [-0.2, -0.15) is 0 Å². The van der Waals surface area contributed by atoms with Gasteiger partial charge in [0.2, 0.25) is 0 Å². The molecule has 1 nitrogen and oxygen atoms in total. The molecule has 16 heavy (non-hydrogen) atoms. The third-order valence-electron chi connectivity index (χ3n) is 2.81. The molecule has 0 saturated carbocycles. The van der Waals surface area contributed by atoms with Crippen LogP contribution in [0.25, 0.3) is 16.3 Å². The molecule has 0 spiro atoms. The van der Waals surface area contributed by atoms with Crippen molar-refractivity contribution < 1.29 is 0 Å². The quantitative estimate of drug-likeness (QED) is 0.731. The average molecular weight is 211 g/mol. The zero-order valence-electron chi connectivity index (χ0n) is 9.90. The second-order valence-electron chi connectivity index (χ2n) is 3.87. The van der Waals surface area contributed by atoms with Gasteiger partial charge in [-0.3, -0.25) is 4.98 Å². The van der Waals surface area contributed by atoms with Crippen LogP contribution in [0.15, 0.2) is 42.6 Å². The maximum absolute atomic E-state index is 4.53. The van der Waals surface area contributed by atoms with Gasteiger partial charge in [-0.15, -0.1) is 0 Å². The molecule has 1 aromatic heterocycles. The molecule has 0 amide bonds. The number of pyridine rings is 1. The van der Waals surface area contributed by atoms with Gasteiger partial charge in [0.05, 0.1) is 5.69 Å². The number of hydrogen-bond donors (Lipinski definition) is 0. The highest BCUT2D eigenvalue weighted by molar-refractivity contribution is 5.91. The fourth-order valence-electron chi connectivity index (χ4n) is 2.03. The first kappa shape index (κ1) is 10.9. The van der Waals surface area contributed by atoms with Crippen molar-refractivity contribution in [3.63, 3.8) is 0 Å². The Hall–Kier alpha value is -1.63. The maximum Gasteiger partial charge on any atom is 0.0736 e. The molecule has 0 N–H and O–H groups in total. The number of benzene rings is 1. The number of hydrogen-bond acceptors (Lipinski definition) is 1. The Labute approximate surface area is 96.8 Å². The van der Waals surface area contributed by atoms with E-state index in [-0.39, 0.29) is 0 Å². The standard InChI is InChI=1S/C15H17N/c1-3-7-12(4-2)15-14-9-6-5-8-13(14)10-11-16-15/h5-11H,3-4H2,1-2H3/b12-7+. The molecule has 0 radical (unpaired) electrons. The summed E-state index contributed by atoms with van der Waals surface area (Å²) < 4.78 is 0. The fourth-order valence-corrected chi connectivity index (χ4v) is 2.03. The van der Waals surface area contributed by atoms with E-state index in [1.165, 1.54) is 16.3 Å². The van der Waals surface area contributed by atoms with Gasteiger partial charge in [-0.25, -0.2) is 0 Å². The summed E-state index contributed by atoms with van der Waals surface area (Å²) in [5.74, 6) is 0. The highest BCUT2D eigenvalue weighted by atomic mass is 14.7. The van der Waals surface area contributed by atoms with Gasteiger partial charge in [-0.05, 0) is 29.9 Å². The van der Waals surface area contributed by atoms with Gasteiger partial charge in [0, 0.05) is 11.6 Å². The van der Waals surface area contributed by atoms with Crippen molar-refractivity contribution in [2.24, 2.45) is 0 Å². The molecule has 0 aliphatic carbocycles. The molecule has 0 unspecified atom stereocenters. The van der Waals surface area contributed by atoms with Crippen molar-refractivity contribution >= 4 is 16.3 Å². The number of aromatic nitrogens is 1. The molecular weight excluding hydrogens is 194 g/mol. The van der Waals surface area contributed by atoms with Gasteiger partial charge >= 0.3 is 0 Å². The predicted molar refractivity (Wildman–Crippen MR) is 70.3 cm³/mol. The van der Waals surface area contributed by atoms with Crippen molar-refractivity contribution in [2.75, 3.05) is 0 Å². The number of allylic oxidation sites excluding steroid dienone is 2. The van der Waals surface area contributed by atoms with Crippen LogP contribution in [0, 0.1) is 0 Å². The molecule has 0 saturated heterocycles. The Balaban J connectivity index is 2.64. The minimum Gasteiger partial charge on any atom is -0.256 e. The van der Waals surface area contributed by atoms with Crippen LogP contribution in [0.3, 0.4) is 0 Å². The second-order valence-corrected chi connectivity index (χ2v) is 3.87. The molecule has 0 atom stereocenters. The van der Waals surface area contributed by atoms with E-state index < -0.39 is 0 Å². The van der Waals surface area contributed by atoms with E-state index in [1.807, 2.05) is 6.20 Å². The van der Waals surface area contributed by atoms with Crippen LogP contribution in [-0.4, -0.2) is 4.98 Å². The lowest BCUT2D eigenvalue weighted by Gasteiger charge is -2.07. The summed E-state index contributed by atoms with van der Waals surface area (Å²) in [6.45, 7) is 4.35. The highest BCUT2D eigenvalue weighted by Crippen LogP contribution is 2.25. The smallest absolute Gasteiger partial charge is 0.0736 e. The SMILES string of the molecule is CC/C=C(\CC)c1nccc2ccccc12. The van der Waals surface area contributed by atoms with Gasteiger partial charge in [0.25, 0.3) is 0 Å². The lowest BCUT2D eigenvalue weighted by Crippen LogP contribution is -1.90. The molecule has 2 aromatic rings. The van der Waals surface area contributed by atoms with Crippen molar-refractivity contribution in [3.8, 4) is 0 Å². The van der Waals surface area contributed by atoms with Crippen LogP contribution >= 0.6 is 0 Å². The Morgan fingerprint density at radius 2 is 2.00 bits per heavy atom. The molecule has 0 aliphatic rings. The first-order chi connectivity index (χ1) is 7.86. The van der Waals surface area contributed by atoms with E-state index in [1.54, 1.807) is 0 Å². The zero-order chi connectivity index (χ0) is 11.4. The Kier molecular flexibility index (Phi) is 3.35. The summed E-state index contributed by atoms with van der Waals surface area (Å²) in [5.41, 5.74) is 2.49. The third kappa shape index (κ3) is 1.99. The topological polar surface area (TPSA) is 12.9 Å². The van der Waals surface area contributed by atoms with Crippen molar-refractivity contribution in [1.29, 1.82) is 0 Å². The van der Waals surface area contributed by atoms with Gasteiger partial charge < -0.3 is 0 Å². The predicted octanol–water partition coefficient (Wildman–Crippen LogP) is 4.44. The largest absolute Gasteiger partial charge is 0.256 e. The minimum absolute atomic E-state index is 1.04. The highest BCUT2D eigenvalue weighted by Gasteiger charge is 2.05. The Bertz CT molecular complexity index is 506. The first-order valence-corrected chi connectivity index (χ1v) is 5.90. The van der Waals surface area contributed by atoms with E-state index in [9.17, 15) is 0 Å². The number of nitrogens with zero attached hydrogens (tertiary/aromatic N) is 1. The zero-order valence-corrected chi connectivity index (χ0v) is 9.90. The molecule has 0 fully saturated rings. The summed E-state index contributed by atoms with van der Waals surface area (Å²) in [4.78, 5) is 4.53. The molecule has 0 bridgehead atoms. The number of fused-ring (bicyclic) bond motifs is 1. The van der Waals surface area contributed by atoms with Crippen LogP contribution in [0.1, 0.15) is 32.4 Å². The summed E-state index contributed by atoms with van der Waals surface area (Å²) >= 11 is 0. The second kappa shape index (κ2) is 4.93. The Morgan fingerprint density at radius 3 is 2.75 bits per heavy atom. The van der Waals surface area contributed by atoms with E-state index in [0.717, 1.165) is 18.5 Å². The third-order valence-corrected chi connectivity index (χ3v) is 2.81. The fraction of sp³-hybridized carbons (Fsp3) is 0.267. The van der Waals surface area contributed by atoms with Crippen LogP contribution in [0.4, 0.5) is 0 Å². The molecule has 2 rings (SSSR count). The normalized spacial score (nSPS) is 12.0. The molecular formula is C15H17N. The summed E-state index contributed by atoms with van der Waals surface area (Å²) in [5, 5.41) is 2.52. The van der Waals surface area contributed by atoms with Gasteiger partial charge in [0.15, 0.2) is 0 Å². The van der Waals surface area contributed by atoms with Crippen molar-refractivity contribution in [3.05, 3.63) is 48.3 Å². The van der Waals surface area contributed by atoms with Crippen LogP contribution in [0.2, 0.25) is 0 Å². The first-order valence-electron chi connectivity index (χ1n) is 5.90. The lowest BCUT2D eigenvalue weighted by atomic mass is 10.0. The van der Waals surface area contributed by atoms with Crippen molar-refractivity contribution in [2.45, 2.75) is 26.7 Å². The molecule has 82 valence electrons. The van der Waals surface area contributed by atoms with Crippen LogP contribution in [-0.2, 0) is 0 Å². The molecule has 1 heterocycles.